The summed E-state index contributed by atoms with van der Waals surface area (Å²) >= 11 is 0. The van der Waals surface area contributed by atoms with Crippen molar-refractivity contribution in [1.82, 2.24) is 4.90 Å². The summed E-state index contributed by atoms with van der Waals surface area (Å²) in [6.45, 7) is 3.63. The fourth-order valence-corrected chi connectivity index (χ4v) is 5.19. The van der Waals surface area contributed by atoms with Crippen LogP contribution >= 0.6 is 0 Å². The smallest absolute Gasteiger partial charge is 0.160 e. The lowest BCUT2D eigenvalue weighted by molar-refractivity contribution is 0.232. The molecule has 3 nitrogen and oxygen atoms in total. The summed E-state index contributed by atoms with van der Waals surface area (Å²) in [7, 11) is -1.04. The van der Waals surface area contributed by atoms with Gasteiger partial charge >= 0.3 is 0 Å². The van der Waals surface area contributed by atoms with Crippen molar-refractivity contribution in [2.24, 2.45) is 0 Å². The third-order valence-electron chi connectivity index (χ3n) is 4.16. The largest absolute Gasteiger partial charge is 0.306 e. The van der Waals surface area contributed by atoms with Gasteiger partial charge in [0.15, 0.2) is 9.84 Å². The van der Waals surface area contributed by atoms with Crippen molar-refractivity contribution < 1.29 is 8.42 Å². The maximum Gasteiger partial charge on any atom is 0.160 e. The van der Waals surface area contributed by atoms with Gasteiger partial charge in [0.1, 0.15) is 0 Å². The molecule has 0 amide bonds. The fraction of sp³-hybridized carbons (Fsp3) is 0.600. The Hall–Kier alpha value is -0.870. The summed E-state index contributed by atoms with van der Waals surface area (Å²) in [5, 5.41) is 0. The zero-order chi connectivity index (χ0) is 13.9. The molecule has 0 aliphatic carbocycles. The highest BCUT2D eigenvalue weighted by atomic mass is 32.2. The van der Waals surface area contributed by atoms with Crippen molar-refractivity contribution in [2.75, 3.05) is 25.9 Å². The highest BCUT2D eigenvalue weighted by Crippen LogP contribution is 2.41. The molecular formula is C15H23NO2S. The predicted molar refractivity (Wildman–Crippen MR) is 78.9 cm³/mol. The molecule has 0 aromatic heterocycles. The average Bonchev–Trinajstić information content (AvgIpc) is 2.40. The number of rotatable bonds is 4. The van der Waals surface area contributed by atoms with Gasteiger partial charge in [0, 0.05) is 0 Å². The van der Waals surface area contributed by atoms with Gasteiger partial charge in [0.05, 0.1) is 10.5 Å². The van der Waals surface area contributed by atoms with Gasteiger partial charge in [-0.3, -0.25) is 0 Å². The third-order valence-corrected chi connectivity index (χ3v) is 6.94. The minimum Gasteiger partial charge on any atom is -0.306 e. The van der Waals surface area contributed by atoms with Crippen LogP contribution in [0.5, 0.6) is 0 Å². The van der Waals surface area contributed by atoms with E-state index in [-0.39, 0.29) is 5.75 Å². The second-order valence-corrected chi connectivity index (χ2v) is 7.90. The van der Waals surface area contributed by atoms with Crippen LogP contribution in [-0.4, -0.2) is 39.2 Å². The van der Waals surface area contributed by atoms with Gasteiger partial charge in [-0.1, -0.05) is 37.3 Å². The Balaban J connectivity index is 2.46. The minimum atomic E-state index is -3.10. The minimum absolute atomic E-state index is 0.283. The first kappa shape index (κ1) is 14.5. The van der Waals surface area contributed by atoms with Crippen LogP contribution < -0.4 is 0 Å². The number of nitrogens with zero attached hydrogens (tertiary/aromatic N) is 1. The van der Waals surface area contributed by atoms with Crippen LogP contribution in [0.15, 0.2) is 30.3 Å². The summed E-state index contributed by atoms with van der Waals surface area (Å²) in [4.78, 5) is 2.21. The number of sulfone groups is 1. The molecular weight excluding hydrogens is 258 g/mol. The van der Waals surface area contributed by atoms with Gasteiger partial charge in [0.25, 0.3) is 0 Å². The summed E-state index contributed by atoms with van der Waals surface area (Å²) in [5.41, 5.74) is 0.969. The molecule has 1 aromatic carbocycles. The van der Waals surface area contributed by atoms with E-state index in [1.54, 1.807) is 0 Å². The number of benzene rings is 1. The molecule has 0 bridgehead atoms. The van der Waals surface area contributed by atoms with Gasteiger partial charge < -0.3 is 4.90 Å². The summed E-state index contributed by atoms with van der Waals surface area (Å²) in [6.07, 6.45) is 2.10. The highest BCUT2D eigenvalue weighted by Gasteiger charge is 2.45. The number of hydrogen-bond donors (Lipinski definition) is 0. The van der Waals surface area contributed by atoms with E-state index in [1.165, 1.54) is 0 Å². The van der Waals surface area contributed by atoms with Crippen molar-refractivity contribution in [3.05, 3.63) is 35.9 Å². The lowest BCUT2D eigenvalue weighted by Gasteiger charge is -2.40. The molecule has 4 heteroatoms. The summed E-state index contributed by atoms with van der Waals surface area (Å²) < 4.78 is 24.9. The van der Waals surface area contributed by atoms with E-state index < -0.39 is 14.6 Å². The number of piperidine rings is 1. The molecule has 1 aliphatic heterocycles. The lowest BCUT2D eigenvalue weighted by Crippen LogP contribution is -2.46. The molecule has 2 rings (SSSR count). The zero-order valence-electron chi connectivity index (χ0n) is 11.8. The van der Waals surface area contributed by atoms with Crippen LogP contribution in [0.25, 0.3) is 0 Å². The predicted octanol–water partition coefficient (Wildman–Crippen LogP) is 2.43. The molecule has 1 aromatic rings. The first-order valence-corrected chi connectivity index (χ1v) is 8.63. The van der Waals surface area contributed by atoms with E-state index in [0.717, 1.165) is 18.7 Å². The van der Waals surface area contributed by atoms with Crippen LogP contribution in [-0.2, 0) is 14.6 Å². The fourth-order valence-electron chi connectivity index (χ4n) is 2.96. The topological polar surface area (TPSA) is 37.4 Å². The Morgan fingerprint density at radius 1 is 1.16 bits per heavy atom. The van der Waals surface area contributed by atoms with E-state index in [1.807, 2.05) is 37.3 Å². The Bertz CT molecular complexity index is 502. The molecule has 1 heterocycles. The van der Waals surface area contributed by atoms with Crippen molar-refractivity contribution in [3.8, 4) is 0 Å². The molecule has 0 unspecified atom stereocenters. The summed E-state index contributed by atoms with van der Waals surface area (Å²) in [5.74, 6) is 0.283. The molecule has 19 heavy (non-hydrogen) atoms. The van der Waals surface area contributed by atoms with E-state index in [2.05, 4.69) is 11.9 Å². The molecule has 0 radical (unpaired) electrons. The van der Waals surface area contributed by atoms with Gasteiger partial charge in [-0.15, -0.1) is 0 Å². The van der Waals surface area contributed by atoms with E-state index in [4.69, 9.17) is 0 Å². The average molecular weight is 281 g/mol. The summed E-state index contributed by atoms with van der Waals surface area (Å²) in [6, 6.07) is 9.77. The Labute approximate surface area is 116 Å². The molecule has 0 saturated carbocycles. The first-order valence-electron chi connectivity index (χ1n) is 6.98. The van der Waals surface area contributed by atoms with Crippen LogP contribution in [0.3, 0.4) is 0 Å². The van der Waals surface area contributed by atoms with Gasteiger partial charge in [-0.05, 0) is 45.0 Å². The van der Waals surface area contributed by atoms with Crippen LogP contribution in [0.1, 0.15) is 31.7 Å². The van der Waals surface area contributed by atoms with Crippen molar-refractivity contribution >= 4 is 9.84 Å². The lowest BCUT2D eigenvalue weighted by atomic mass is 9.88. The maximum atomic E-state index is 12.8. The molecule has 1 aliphatic rings. The standard InChI is InChI=1S/C15H23NO2S/c1-3-13-19(17,18)15(9-11-16(2)12-10-15)14-7-5-4-6-8-14/h4-8H,3,9-13H2,1-2H3. The van der Waals surface area contributed by atoms with E-state index in [0.29, 0.717) is 19.3 Å². The molecule has 1 saturated heterocycles. The highest BCUT2D eigenvalue weighted by molar-refractivity contribution is 7.92. The maximum absolute atomic E-state index is 12.8. The number of hydrogen-bond acceptors (Lipinski definition) is 3. The van der Waals surface area contributed by atoms with Crippen LogP contribution in [0.2, 0.25) is 0 Å². The van der Waals surface area contributed by atoms with Gasteiger partial charge in [-0.2, -0.15) is 0 Å². The first-order chi connectivity index (χ1) is 9.02. The van der Waals surface area contributed by atoms with Gasteiger partial charge in [0.2, 0.25) is 0 Å². The molecule has 0 N–H and O–H groups in total. The Morgan fingerprint density at radius 3 is 2.26 bits per heavy atom. The van der Waals surface area contributed by atoms with Crippen LogP contribution in [0, 0.1) is 0 Å². The van der Waals surface area contributed by atoms with Crippen LogP contribution in [0.4, 0.5) is 0 Å². The molecule has 0 spiro atoms. The Morgan fingerprint density at radius 2 is 1.74 bits per heavy atom. The SMILES string of the molecule is CCCS(=O)(=O)C1(c2ccccc2)CCN(C)CC1. The second-order valence-electron chi connectivity index (χ2n) is 5.48. The van der Waals surface area contributed by atoms with Gasteiger partial charge in [-0.25, -0.2) is 8.42 Å². The van der Waals surface area contributed by atoms with E-state index in [9.17, 15) is 8.42 Å². The quantitative estimate of drug-likeness (QED) is 0.850. The molecule has 1 fully saturated rings. The number of likely N-dealkylation sites (tertiary alicyclic amines) is 1. The third kappa shape index (κ3) is 2.70. The zero-order valence-corrected chi connectivity index (χ0v) is 12.6. The van der Waals surface area contributed by atoms with E-state index >= 15 is 0 Å². The second kappa shape index (κ2) is 5.63. The Kier molecular flexibility index (Phi) is 4.31. The monoisotopic (exact) mass is 281 g/mol. The molecule has 0 atom stereocenters. The van der Waals surface area contributed by atoms with Crippen molar-refractivity contribution in [3.63, 3.8) is 0 Å². The van der Waals surface area contributed by atoms with Crippen molar-refractivity contribution in [2.45, 2.75) is 30.9 Å². The normalized spacial score (nSPS) is 20.3. The van der Waals surface area contributed by atoms with Crippen molar-refractivity contribution in [1.29, 1.82) is 0 Å². The molecule has 106 valence electrons.